The highest BCUT2D eigenvalue weighted by Gasteiger charge is 2.21. The third-order valence-corrected chi connectivity index (χ3v) is 6.17. The van der Waals surface area contributed by atoms with Gasteiger partial charge in [0.15, 0.2) is 16.3 Å². The van der Waals surface area contributed by atoms with E-state index >= 15 is 0 Å². The number of amides is 2. The number of morpholine rings is 1. The van der Waals surface area contributed by atoms with E-state index in [4.69, 9.17) is 14.2 Å². The van der Waals surface area contributed by atoms with E-state index in [1.807, 2.05) is 45.3 Å². The summed E-state index contributed by atoms with van der Waals surface area (Å²) >= 11 is 1.36. The van der Waals surface area contributed by atoms with Crippen LogP contribution in [-0.4, -0.2) is 61.8 Å². The number of ether oxygens (including phenoxy) is 3. The fourth-order valence-corrected chi connectivity index (χ4v) is 4.34. The van der Waals surface area contributed by atoms with Crippen LogP contribution in [0.3, 0.4) is 0 Å². The molecule has 0 aliphatic carbocycles. The van der Waals surface area contributed by atoms with Crippen LogP contribution < -0.4 is 14.3 Å². The van der Waals surface area contributed by atoms with Crippen LogP contribution in [0.5, 0.6) is 11.5 Å². The maximum Gasteiger partial charge on any atom is 0.279 e. The molecule has 2 aromatic carbocycles. The van der Waals surface area contributed by atoms with Crippen LogP contribution in [0.15, 0.2) is 59.0 Å². The topological polar surface area (TPSA) is 82.4 Å². The Kier molecular flexibility index (Phi) is 7.21. The number of hydrogen-bond donors (Lipinski definition) is 0. The van der Waals surface area contributed by atoms with E-state index in [1.54, 1.807) is 25.3 Å². The van der Waals surface area contributed by atoms with E-state index in [0.717, 1.165) is 5.56 Å². The van der Waals surface area contributed by atoms with Gasteiger partial charge in [0.05, 0.1) is 34.0 Å². The van der Waals surface area contributed by atoms with Crippen molar-refractivity contribution in [1.29, 1.82) is 0 Å². The predicted octanol–water partition coefficient (Wildman–Crippen LogP) is 2.83. The van der Waals surface area contributed by atoms with Gasteiger partial charge in [-0.1, -0.05) is 18.2 Å². The summed E-state index contributed by atoms with van der Waals surface area (Å²) in [5, 5.41) is 1.87. The molecule has 2 amide bonds. The van der Waals surface area contributed by atoms with Gasteiger partial charge in [-0.05, 0) is 29.8 Å². The molecule has 0 spiro atoms. The fraction of sp³-hybridized carbons (Fsp3) is 0.292. The summed E-state index contributed by atoms with van der Waals surface area (Å²) in [5.74, 6) is 0.615. The first-order chi connectivity index (χ1) is 16.1. The van der Waals surface area contributed by atoms with Gasteiger partial charge in [0, 0.05) is 35.8 Å². The van der Waals surface area contributed by atoms with Crippen LogP contribution in [0.1, 0.15) is 26.3 Å². The molecule has 0 radical (unpaired) electrons. The minimum atomic E-state index is -0.384. The molecular weight excluding hydrogens is 442 g/mol. The number of thiazole rings is 1. The summed E-state index contributed by atoms with van der Waals surface area (Å²) < 4.78 is 17.7. The zero-order chi connectivity index (χ0) is 23.2. The number of rotatable bonds is 6. The Balaban J connectivity index is 1.59. The molecule has 0 unspecified atom stereocenters. The molecule has 8 nitrogen and oxygen atoms in total. The average molecular weight is 468 g/mol. The minimum Gasteiger partial charge on any atom is -0.493 e. The van der Waals surface area contributed by atoms with Crippen molar-refractivity contribution in [3.05, 3.63) is 75.5 Å². The third kappa shape index (κ3) is 5.15. The molecule has 0 atom stereocenters. The molecular formula is C24H25N3O5S. The van der Waals surface area contributed by atoms with E-state index in [-0.39, 0.29) is 11.8 Å². The van der Waals surface area contributed by atoms with Crippen LogP contribution >= 0.6 is 11.3 Å². The number of nitrogens with zero attached hydrogens (tertiary/aromatic N) is 3. The molecule has 172 valence electrons. The van der Waals surface area contributed by atoms with E-state index in [2.05, 4.69) is 4.99 Å². The van der Waals surface area contributed by atoms with Crippen molar-refractivity contribution in [1.82, 2.24) is 9.47 Å². The molecule has 2 heterocycles. The number of methoxy groups -OCH3 is 2. The summed E-state index contributed by atoms with van der Waals surface area (Å²) in [6.07, 6.45) is 1.86. The number of carbonyl (C=O) groups excluding carboxylic acids is 2. The zero-order valence-corrected chi connectivity index (χ0v) is 19.3. The second-order valence-corrected chi connectivity index (χ2v) is 8.23. The van der Waals surface area contributed by atoms with Crippen LogP contribution in [0.2, 0.25) is 0 Å². The highest BCUT2D eigenvalue weighted by Crippen LogP contribution is 2.27. The molecule has 0 N–H and O–H groups in total. The Morgan fingerprint density at radius 3 is 2.58 bits per heavy atom. The summed E-state index contributed by atoms with van der Waals surface area (Å²) in [7, 11) is 3.06. The highest BCUT2D eigenvalue weighted by atomic mass is 32.1. The first kappa shape index (κ1) is 22.8. The highest BCUT2D eigenvalue weighted by molar-refractivity contribution is 7.07. The number of aromatic nitrogens is 1. The lowest BCUT2D eigenvalue weighted by Crippen LogP contribution is -2.41. The van der Waals surface area contributed by atoms with Crippen molar-refractivity contribution in [2.45, 2.75) is 6.54 Å². The smallest absolute Gasteiger partial charge is 0.279 e. The van der Waals surface area contributed by atoms with Gasteiger partial charge in [-0.3, -0.25) is 9.59 Å². The third-order valence-electron chi connectivity index (χ3n) is 5.37. The van der Waals surface area contributed by atoms with E-state index < -0.39 is 0 Å². The Hall–Kier alpha value is -3.43. The number of benzene rings is 2. The number of hydrogen-bond acceptors (Lipinski definition) is 6. The maximum absolute atomic E-state index is 13.1. The fourth-order valence-electron chi connectivity index (χ4n) is 3.61. The van der Waals surface area contributed by atoms with Gasteiger partial charge in [0.1, 0.15) is 0 Å². The maximum atomic E-state index is 13.1. The van der Waals surface area contributed by atoms with Crippen molar-refractivity contribution in [3.8, 4) is 11.5 Å². The first-order valence-electron chi connectivity index (χ1n) is 10.5. The molecule has 1 aliphatic rings. The Labute approximate surface area is 195 Å². The van der Waals surface area contributed by atoms with Crippen LogP contribution in [-0.2, 0) is 11.3 Å². The lowest BCUT2D eigenvalue weighted by atomic mass is 10.1. The van der Waals surface area contributed by atoms with Crippen molar-refractivity contribution in [3.63, 3.8) is 0 Å². The predicted molar refractivity (Wildman–Crippen MR) is 124 cm³/mol. The van der Waals surface area contributed by atoms with E-state index in [9.17, 15) is 9.59 Å². The molecule has 0 saturated carbocycles. The Morgan fingerprint density at radius 1 is 1.06 bits per heavy atom. The average Bonchev–Trinajstić information content (AvgIpc) is 3.30. The lowest BCUT2D eigenvalue weighted by molar-refractivity contribution is 0.0302. The molecule has 3 aromatic rings. The molecule has 1 fully saturated rings. The summed E-state index contributed by atoms with van der Waals surface area (Å²) in [4.78, 5) is 32.6. The van der Waals surface area contributed by atoms with Gasteiger partial charge >= 0.3 is 0 Å². The summed E-state index contributed by atoms with van der Waals surface area (Å²) in [6.45, 7) is 2.69. The van der Waals surface area contributed by atoms with Gasteiger partial charge < -0.3 is 23.7 Å². The second kappa shape index (κ2) is 10.5. The van der Waals surface area contributed by atoms with Gasteiger partial charge in [0.2, 0.25) is 0 Å². The van der Waals surface area contributed by atoms with Gasteiger partial charge in [-0.25, -0.2) is 0 Å². The molecule has 4 rings (SSSR count). The van der Waals surface area contributed by atoms with Crippen molar-refractivity contribution in [2.24, 2.45) is 4.99 Å². The van der Waals surface area contributed by atoms with Gasteiger partial charge in [-0.2, -0.15) is 4.99 Å². The molecule has 1 aromatic heterocycles. The SMILES string of the molecule is COc1ccc(C(=O)N=c2sccn2Cc2ccccc2C(=O)N2CCOCC2)cc1OC. The molecule has 0 bridgehead atoms. The van der Waals surface area contributed by atoms with Crippen molar-refractivity contribution in [2.75, 3.05) is 40.5 Å². The quantitative estimate of drug-likeness (QED) is 0.557. The van der Waals surface area contributed by atoms with Gasteiger partial charge in [0.25, 0.3) is 11.8 Å². The van der Waals surface area contributed by atoms with E-state index in [0.29, 0.717) is 60.3 Å². The summed E-state index contributed by atoms with van der Waals surface area (Å²) in [6, 6.07) is 12.5. The largest absolute Gasteiger partial charge is 0.493 e. The Morgan fingerprint density at radius 2 is 1.82 bits per heavy atom. The second-order valence-electron chi connectivity index (χ2n) is 7.36. The van der Waals surface area contributed by atoms with Crippen molar-refractivity contribution < 1.29 is 23.8 Å². The normalized spacial score (nSPS) is 14.2. The zero-order valence-electron chi connectivity index (χ0n) is 18.5. The van der Waals surface area contributed by atoms with Crippen LogP contribution in [0.25, 0.3) is 0 Å². The van der Waals surface area contributed by atoms with E-state index in [1.165, 1.54) is 18.4 Å². The summed E-state index contributed by atoms with van der Waals surface area (Å²) in [5.41, 5.74) is 1.91. The lowest BCUT2D eigenvalue weighted by Gasteiger charge is -2.27. The minimum absolute atomic E-state index is 0.00961. The van der Waals surface area contributed by atoms with Gasteiger partial charge in [-0.15, -0.1) is 11.3 Å². The van der Waals surface area contributed by atoms with Crippen molar-refractivity contribution >= 4 is 23.2 Å². The van der Waals surface area contributed by atoms with Crippen LogP contribution in [0, 0.1) is 0 Å². The Bertz CT molecular complexity index is 1210. The molecule has 1 aliphatic heterocycles. The first-order valence-corrected chi connectivity index (χ1v) is 11.4. The monoisotopic (exact) mass is 467 g/mol. The van der Waals surface area contributed by atoms with Crippen LogP contribution in [0.4, 0.5) is 0 Å². The molecule has 1 saturated heterocycles. The standard InChI is InChI=1S/C24H25N3O5S/c1-30-20-8-7-17(15-21(20)31-2)22(28)25-24-27(11-14-33-24)16-18-5-3-4-6-19(18)23(29)26-9-12-32-13-10-26/h3-8,11,14-15H,9-10,12-13,16H2,1-2H3. The molecule has 33 heavy (non-hydrogen) atoms. The molecule has 9 heteroatoms. The number of carbonyl (C=O) groups is 2.